The van der Waals surface area contributed by atoms with Crippen molar-refractivity contribution >= 4 is 17.1 Å². The molecule has 0 amide bonds. The number of hydrogen-bond donors (Lipinski definition) is 1. The second-order valence-corrected chi connectivity index (χ2v) is 7.26. The standard InChI is InChI=1S/C25H20F2O4/c26-18-7-3-16(4-8-18)25(17-5-9-19(27)10-6-17)22(23-2-1-13-30-23)12-11-21-14-20(28)15-24(29)31-21/h1-13,20-21,28H,14-15H2. The summed E-state index contributed by atoms with van der Waals surface area (Å²) in [5.74, 6) is -0.683. The van der Waals surface area contributed by atoms with Gasteiger partial charge in [-0.1, -0.05) is 30.3 Å². The Morgan fingerprint density at radius 3 is 2.10 bits per heavy atom. The zero-order chi connectivity index (χ0) is 21.8. The molecule has 2 heterocycles. The van der Waals surface area contributed by atoms with E-state index in [0.717, 1.165) is 0 Å². The molecule has 0 radical (unpaired) electrons. The van der Waals surface area contributed by atoms with Crippen LogP contribution < -0.4 is 0 Å². The van der Waals surface area contributed by atoms with Gasteiger partial charge in [0.1, 0.15) is 23.5 Å². The minimum Gasteiger partial charge on any atom is -0.464 e. The number of ether oxygens (including phenoxy) is 1. The number of allylic oxidation sites excluding steroid dienone is 2. The number of furan rings is 1. The summed E-state index contributed by atoms with van der Waals surface area (Å²) in [5.41, 5.74) is 2.72. The molecule has 3 aromatic rings. The Morgan fingerprint density at radius 2 is 1.58 bits per heavy atom. The fourth-order valence-electron chi connectivity index (χ4n) is 3.56. The monoisotopic (exact) mass is 422 g/mol. The van der Waals surface area contributed by atoms with Crippen LogP contribution in [0.1, 0.15) is 29.7 Å². The molecule has 1 N–H and O–H groups in total. The number of aliphatic hydroxyl groups excluding tert-OH is 1. The predicted octanol–water partition coefficient (Wildman–Crippen LogP) is 5.14. The van der Waals surface area contributed by atoms with Crippen LogP contribution >= 0.6 is 0 Å². The third kappa shape index (κ3) is 4.98. The number of carbonyl (C=O) groups excluding carboxylic acids is 1. The summed E-state index contributed by atoms with van der Waals surface area (Å²) in [7, 11) is 0. The molecule has 2 atom stereocenters. The Labute approximate surface area is 178 Å². The number of hydrogen-bond acceptors (Lipinski definition) is 4. The van der Waals surface area contributed by atoms with Crippen LogP contribution in [0.4, 0.5) is 8.78 Å². The van der Waals surface area contributed by atoms with E-state index in [9.17, 15) is 18.7 Å². The van der Waals surface area contributed by atoms with E-state index < -0.39 is 18.2 Å². The Morgan fingerprint density at radius 1 is 0.968 bits per heavy atom. The molecule has 31 heavy (non-hydrogen) atoms. The molecule has 1 saturated heterocycles. The van der Waals surface area contributed by atoms with E-state index in [4.69, 9.17) is 9.15 Å². The molecule has 1 fully saturated rings. The number of halogens is 2. The zero-order valence-corrected chi connectivity index (χ0v) is 16.5. The van der Waals surface area contributed by atoms with Crippen LogP contribution in [0.2, 0.25) is 0 Å². The number of carbonyl (C=O) groups is 1. The summed E-state index contributed by atoms with van der Waals surface area (Å²) in [4.78, 5) is 11.7. The highest BCUT2D eigenvalue weighted by Gasteiger charge is 2.25. The van der Waals surface area contributed by atoms with Crippen molar-refractivity contribution in [2.24, 2.45) is 0 Å². The smallest absolute Gasteiger partial charge is 0.309 e. The van der Waals surface area contributed by atoms with Crippen LogP contribution in [0.25, 0.3) is 11.1 Å². The number of aliphatic hydroxyl groups is 1. The average Bonchev–Trinajstić information content (AvgIpc) is 3.27. The second-order valence-electron chi connectivity index (χ2n) is 7.26. The zero-order valence-electron chi connectivity index (χ0n) is 16.5. The first-order valence-electron chi connectivity index (χ1n) is 9.85. The highest BCUT2D eigenvalue weighted by Crippen LogP contribution is 2.34. The van der Waals surface area contributed by atoms with Gasteiger partial charge in [0.2, 0.25) is 0 Å². The van der Waals surface area contributed by atoms with E-state index in [0.29, 0.717) is 28.0 Å². The van der Waals surface area contributed by atoms with E-state index in [2.05, 4.69) is 0 Å². The molecule has 0 saturated carbocycles. The average molecular weight is 422 g/mol. The van der Waals surface area contributed by atoms with Crippen molar-refractivity contribution in [1.29, 1.82) is 0 Å². The third-order valence-corrected chi connectivity index (χ3v) is 4.99. The minimum absolute atomic E-state index is 0.0262. The van der Waals surface area contributed by atoms with Crippen molar-refractivity contribution in [3.05, 3.63) is 108 Å². The molecule has 0 bridgehead atoms. The third-order valence-electron chi connectivity index (χ3n) is 4.99. The Kier molecular flexibility index (Phi) is 6.09. The summed E-state index contributed by atoms with van der Waals surface area (Å²) < 4.78 is 38.1. The van der Waals surface area contributed by atoms with Crippen molar-refractivity contribution in [3.63, 3.8) is 0 Å². The van der Waals surface area contributed by atoms with Crippen molar-refractivity contribution in [3.8, 4) is 0 Å². The normalized spacial score (nSPS) is 18.7. The summed E-state index contributed by atoms with van der Waals surface area (Å²) >= 11 is 0. The summed E-state index contributed by atoms with van der Waals surface area (Å²) in [6.45, 7) is 0. The lowest BCUT2D eigenvalue weighted by atomic mass is 9.91. The van der Waals surface area contributed by atoms with E-state index >= 15 is 0 Å². The summed E-state index contributed by atoms with van der Waals surface area (Å²) in [6, 6.07) is 15.4. The van der Waals surface area contributed by atoms with Crippen LogP contribution in [-0.4, -0.2) is 23.3 Å². The maximum Gasteiger partial charge on any atom is 0.309 e. The van der Waals surface area contributed by atoms with Crippen LogP contribution in [-0.2, 0) is 9.53 Å². The Balaban J connectivity index is 1.86. The lowest BCUT2D eigenvalue weighted by Gasteiger charge is -2.23. The van der Waals surface area contributed by atoms with Crippen LogP contribution in [0.5, 0.6) is 0 Å². The number of cyclic esters (lactones) is 1. The molecule has 2 aromatic carbocycles. The number of benzene rings is 2. The molecule has 1 aliphatic heterocycles. The van der Waals surface area contributed by atoms with Crippen molar-refractivity contribution in [2.75, 3.05) is 0 Å². The van der Waals surface area contributed by atoms with Gasteiger partial charge in [0.05, 0.1) is 18.8 Å². The van der Waals surface area contributed by atoms with Gasteiger partial charge in [-0.3, -0.25) is 4.79 Å². The van der Waals surface area contributed by atoms with Gasteiger partial charge in [0.15, 0.2) is 0 Å². The first-order valence-corrected chi connectivity index (χ1v) is 9.85. The second kappa shape index (κ2) is 9.10. The van der Waals surface area contributed by atoms with Crippen molar-refractivity contribution in [2.45, 2.75) is 25.0 Å². The molecular formula is C25H20F2O4. The number of rotatable bonds is 5. The van der Waals surface area contributed by atoms with Gasteiger partial charge in [-0.15, -0.1) is 0 Å². The Bertz CT molecular complexity index is 1050. The highest BCUT2D eigenvalue weighted by molar-refractivity contribution is 6.01. The highest BCUT2D eigenvalue weighted by atomic mass is 19.1. The van der Waals surface area contributed by atoms with Crippen LogP contribution in [0.3, 0.4) is 0 Å². The molecule has 4 rings (SSSR count). The Hall–Kier alpha value is -3.51. The molecule has 1 aliphatic rings. The van der Waals surface area contributed by atoms with Crippen molar-refractivity contribution < 1.29 is 27.8 Å². The maximum absolute atomic E-state index is 13.6. The number of esters is 1. The van der Waals surface area contributed by atoms with Crippen molar-refractivity contribution in [1.82, 2.24) is 0 Å². The van der Waals surface area contributed by atoms with E-state index in [-0.39, 0.29) is 24.5 Å². The van der Waals surface area contributed by atoms with Gasteiger partial charge in [-0.05, 0) is 59.2 Å². The summed E-state index contributed by atoms with van der Waals surface area (Å²) in [6.07, 6.45) is 3.87. The van der Waals surface area contributed by atoms with Crippen LogP contribution in [0.15, 0.2) is 83.5 Å². The lowest BCUT2D eigenvalue weighted by molar-refractivity contribution is -0.156. The molecular weight excluding hydrogens is 402 g/mol. The van der Waals surface area contributed by atoms with Gasteiger partial charge in [0, 0.05) is 12.0 Å². The topological polar surface area (TPSA) is 59.7 Å². The van der Waals surface area contributed by atoms with Crippen LogP contribution in [0, 0.1) is 11.6 Å². The molecule has 2 unspecified atom stereocenters. The predicted molar refractivity (Wildman–Crippen MR) is 112 cm³/mol. The fraction of sp³-hybridized carbons (Fsp3) is 0.160. The van der Waals surface area contributed by atoms with E-state index in [1.807, 2.05) is 0 Å². The summed E-state index contributed by atoms with van der Waals surface area (Å²) in [5, 5.41) is 9.88. The molecule has 158 valence electrons. The van der Waals surface area contributed by atoms with Gasteiger partial charge in [0.25, 0.3) is 0 Å². The van der Waals surface area contributed by atoms with E-state index in [1.165, 1.54) is 30.5 Å². The van der Waals surface area contributed by atoms with Gasteiger partial charge in [-0.2, -0.15) is 0 Å². The van der Waals surface area contributed by atoms with Gasteiger partial charge in [-0.25, -0.2) is 8.78 Å². The maximum atomic E-state index is 13.6. The lowest BCUT2D eigenvalue weighted by Crippen LogP contribution is -2.31. The fourth-order valence-corrected chi connectivity index (χ4v) is 3.56. The van der Waals surface area contributed by atoms with Gasteiger partial charge >= 0.3 is 5.97 Å². The largest absolute Gasteiger partial charge is 0.464 e. The molecule has 0 spiro atoms. The molecule has 4 nitrogen and oxygen atoms in total. The SMILES string of the molecule is O=C1CC(O)CC(C=CC(=C(c2ccc(F)cc2)c2ccc(F)cc2)c2ccco2)O1. The molecule has 0 aliphatic carbocycles. The minimum atomic E-state index is -0.763. The molecule has 6 heteroatoms. The molecule has 1 aromatic heterocycles. The van der Waals surface area contributed by atoms with Gasteiger partial charge < -0.3 is 14.3 Å². The first kappa shape index (κ1) is 20.8. The first-order chi connectivity index (χ1) is 15.0. The van der Waals surface area contributed by atoms with E-state index in [1.54, 1.807) is 48.6 Å². The quantitative estimate of drug-likeness (QED) is 0.457.